The van der Waals surface area contributed by atoms with Crippen molar-refractivity contribution in [3.05, 3.63) is 39.9 Å². The highest BCUT2D eigenvalue weighted by atomic mass is 32.1. The van der Waals surface area contributed by atoms with E-state index in [0.717, 1.165) is 33.7 Å². The minimum absolute atomic E-state index is 0.0764. The van der Waals surface area contributed by atoms with E-state index >= 15 is 0 Å². The number of rotatable bonds is 2. The number of hydrogen-bond acceptors (Lipinski definition) is 8. The Morgan fingerprint density at radius 1 is 1.20 bits per heavy atom. The molecule has 0 saturated heterocycles. The van der Waals surface area contributed by atoms with Gasteiger partial charge in [0.1, 0.15) is 22.6 Å². The molecule has 0 unspecified atom stereocenters. The van der Waals surface area contributed by atoms with Crippen LogP contribution in [-0.4, -0.2) is 44.4 Å². The predicted molar refractivity (Wildman–Crippen MR) is 112 cm³/mol. The first-order valence-corrected chi connectivity index (χ1v) is 9.81. The highest BCUT2D eigenvalue weighted by molar-refractivity contribution is 7.17. The first-order chi connectivity index (χ1) is 14.1. The fourth-order valence-corrected chi connectivity index (χ4v) is 3.34. The summed E-state index contributed by atoms with van der Waals surface area (Å²) in [6.45, 7) is 9.15. The molecular formula is C20H21N5O4S. The molecule has 0 saturated carbocycles. The molecule has 0 aromatic carbocycles. The van der Waals surface area contributed by atoms with Crippen molar-refractivity contribution in [3.8, 4) is 11.8 Å². The third-order valence-electron chi connectivity index (χ3n) is 4.04. The number of nitrogens with zero attached hydrogens (tertiary/aromatic N) is 4. The second-order valence-electron chi connectivity index (χ2n) is 7.39. The molecule has 3 aromatic heterocycles. The molecule has 3 aromatic rings. The van der Waals surface area contributed by atoms with Gasteiger partial charge in [0.2, 0.25) is 5.01 Å². The number of anilines is 1. The van der Waals surface area contributed by atoms with Gasteiger partial charge >= 0.3 is 12.1 Å². The van der Waals surface area contributed by atoms with Crippen LogP contribution in [0.5, 0.6) is 0 Å². The van der Waals surface area contributed by atoms with Gasteiger partial charge in [0.15, 0.2) is 5.65 Å². The normalized spacial score (nSPS) is 11.0. The van der Waals surface area contributed by atoms with Gasteiger partial charge in [-0.15, -0.1) is 0 Å². The number of methoxy groups -OCH3 is 1. The summed E-state index contributed by atoms with van der Waals surface area (Å²) in [5.74, 6) is 5.36. The van der Waals surface area contributed by atoms with E-state index in [4.69, 9.17) is 9.47 Å². The molecule has 156 valence electrons. The standard InChI is InChI=1S/C20H21N5O4S/c1-11-12(2)15-21-10-22-25(15)9-13(11)7-8-14-16(24-19(27)29-20(3,4)5)30-17(23-14)18(26)28-6/h9-10H,1-6H3,(H,24,27). The van der Waals surface area contributed by atoms with E-state index in [1.54, 1.807) is 31.5 Å². The fourth-order valence-electron chi connectivity index (χ4n) is 2.51. The van der Waals surface area contributed by atoms with Crippen molar-refractivity contribution in [2.45, 2.75) is 40.2 Å². The number of pyridine rings is 1. The third-order valence-corrected chi connectivity index (χ3v) is 4.99. The molecule has 10 heteroatoms. The summed E-state index contributed by atoms with van der Waals surface area (Å²) < 4.78 is 11.6. The van der Waals surface area contributed by atoms with E-state index in [2.05, 4.69) is 32.2 Å². The lowest BCUT2D eigenvalue weighted by Crippen LogP contribution is -2.27. The Balaban J connectivity index is 2.00. The van der Waals surface area contributed by atoms with Crippen LogP contribution in [0.2, 0.25) is 0 Å². The number of aromatic nitrogens is 4. The molecule has 3 heterocycles. The number of amides is 1. The molecule has 0 fully saturated rings. The van der Waals surface area contributed by atoms with Gasteiger partial charge in [-0.2, -0.15) is 5.10 Å². The number of nitrogens with one attached hydrogen (secondary N) is 1. The Kier molecular flexibility index (Phi) is 5.75. The molecule has 30 heavy (non-hydrogen) atoms. The Labute approximate surface area is 177 Å². The molecule has 0 radical (unpaired) electrons. The Bertz CT molecular complexity index is 1190. The summed E-state index contributed by atoms with van der Waals surface area (Å²) in [5, 5.41) is 7.14. The summed E-state index contributed by atoms with van der Waals surface area (Å²) in [7, 11) is 1.26. The number of ether oxygens (including phenoxy) is 2. The van der Waals surface area contributed by atoms with Crippen molar-refractivity contribution >= 4 is 34.0 Å². The topological polar surface area (TPSA) is 108 Å². The average Bonchev–Trinajstić information content (AvgIpc) is 3.28. The molecule has 0 atom stereocenters. The second kappa shape index (κ2) is 8.12. The van der Waals surface area contributed by atoms with Gasteiger partial charge in [-0.25, -0.2) is 24.1 Å². The summed E-state index contributed by atoms with van der Waals surface area (Å²) in [4.78, 5) is 32.5. The van der Waals surface area contributed by atoms with Crippen LogP contribution in [0, 0.1) is 25.7 Å². The average molecular weight is 427 g/mol. The minimum Gasteiger partial charge on any atom is -0.464 e. The zero-order chi connectivity index (χ0) is 22.1. The van der Waals surface area contributed by atoms with Crippen molar-refractivity contribution in [1.29, 1.82) is 0 Å². The lowest BCUT2D eigenvalue weighted by atomic mass is 10.1. The third kappa shape index (κ3) is 4.58. The summed E-state index contributed by atoms with van der Waals surface area (Å²) in [5.41, 5.74) is 2.96. The first-order valence-electron chi connectivity index (χ1n) is 8.99. The number of hydrogen-bond donors (Lipinski definition) is 1. The molecular weight excluding hydrogens is 406 g/mol. The van der Waals surface area contributed by atoms with Gasteiger partial charge in [0, 0.05) is 11.8 Å². The number of fused-ring (bicyclic) bond motifs is 1. The Morgan fingerprint density at radius 2 is 1.93 bits per heavy atom. The van der Waals surface area contributed by atoms with Crippen molar-refractivity contribution < 1.29 is 19.1 Å². The maximum atomic E-state index is 12.2. The van der Waals surface area contributed by atoms with Crippen LogP contribution >= 0.6 is 11.3 Å². The zero-order valence-corrected chi connectivity index (χ0v) is 18.3. The largest absolute Gasteiger partial charge is 0.464 e. The molecule has 0 spiro atoms. The summed E-state index contributed by atoms with van der Waals surface area (Å²) in [6.07, 6.45) is 2.58. The van der Waals surface area contributed by atoms with E-state index in [-0.39, 0.29) is 10.7 Å². The zero-order valence-electron chi connectivity index (χ0n) is 17.5. The van der Waals surface area contributed by atoms with Crippen molar-refractivity contribution in [2.75, 3.05) is 12.4 Å². The Morgan fingerprint density at radius 3 is 2.60 bits per heavy atom. The van der Waals surface area contributed by atoms with Gasteiger partial charge in [0.05, 0.1) is 7.11 Å². The van der Waals surface area contributed by atoms with Crippen LogP contribution in [0.1, 0.15) is 53.0 Å². The van der Waals surface area contributed by atoms with E-state index in [9.17, 15) is 9.59 Å². The van der Waals surface area contributed by atoms with Gasteiger partial charge in [0.25, 0.3) is 0 Å². The lowest BCUT2D eigenvalue weighted by molar-refractivity contribution is 0.0597. The number of esters is 1. The molecule has 0 bridgehead atoms. The van der Waals surface area contributed by atoms with Crippen molar-refractivity contribution in [2.24, 2.45) is 0 Å². The fraction of sp³-hybridized carbons (Fsp3) is 0.350. The van der Waals surface area contributed by atoms with E-state index in [0.29, 0.717) is 5.00 Å². The number of aryl methyl sites for hydroxylation is 1. The maximum Gasteiger partial charge on any atom is 0.412 e. The highest BCUT2D eigenvalue weighted by Gasteiger charge is 2.21. The van der Waals surface area contributed by atoms with Crippen molar-refractivity contribution in [1.82, 2.24) is 19.6 Å². The van der Waals surface area contributed by atoms with Crippen LogP contribution in [0.4, 0.5) is 9.80 Å². The highest BCUT2D eigenvalue weighted by Crippen LogP contribution is 2.26. The summed E-state index contributed by atoms with van der Waals surface area (Å²) in [6, 6.07) is 0. The lowest BCUT2D eigenvalue weighted by Gasteiger charge is -2.19. The smallest absolute Gasteiger partial charge is 0.412 e. The predicted octanol–water partition coefficient (Wildman–Crippen LogP) is 3.34. The molecule has 0 aliphatic carbocycles. The monoisotopic (exact) mass is 427 g/mol. The van der Waals surface area contributed by atoms with Crippen LogP contribution < -0.4 is 5.32 Å². The minimum atomic E-state index is -0.673. The molecule has 9 nitrogen and oxygen atoms in total. The van der Waals surface area contributed by atoms with E-state index in [1.165, 1.54) is 13.4 Å². The number of carbonyl (C=O) groups excluding carboxylic acids is 2. The van der Waals surface area contributed by atoms with Crippen LogP contribution in [0.15, 0.2) is 12.5 Å². The van der Waals surface area contributed by atoms with Crippen LogP contribution in [0.3, 0.4) is 0 Å². The van der Waals surface area contributed by atoms with E-state index < -0.39 is 17.7 Å². The van der Waals surface area contributed by atoms with Gasteiger partial charge < -0.3 is 9.47 Å². The molecule has 1 N–H and O–H groups in total. The maximum absolute atomic E-state index is 12.2. The molecule has 0 aliphatic heterocycles. The number of carbonyl (C=O) groups is 2. The van der Waals surface area contributed by atoms with Crippen LogP contribution in [0.25, 0.3) is 5.65 Å². The van der Waals surface area contributed by atoms with Crippen molar-refractivity contribution in [3.63, 3.8) is 0 Å². The molecule has 1 amide bonds. The summed E-state index contributed by atoms with van der Waals surface area (Å²) >= 11 is 0.965. The van der Waals surface area contributed by atoms with Crippen LogP contribution in [-0.2, 0) is 9.47 Å². The quantitative estimate of drug-likeness (QED) is 0.494. The molecule has 3 rings (SSSR count). The van der Waals surface area contributed by atoms with Gasteiger partial charge in [-0.3, -0.25) is 5.32 Å². The van der Waals surface area contributed by atoms with E-state index in [1.807, 2.05) is 13.8 Å². The molecule has 0 aliphatic rings. The first kappa shape index (κ1) is 21.3. The van der Waals surface area contributed by atoms with Gasteiger partial charge in [-0.1, -0.05) is 17.3 Å². The Hall–Kier alpha value is -3.45. The van der Waals surface area contributed by atoms with Gasteiger partial charge in [-0.05, 0) is 51.7 Å². The SMILES string of the molecule is COC(=O)c1nc(C#Cc2cn3ncnc3c(C)c2C)c(NC(=O)OC(C)(C)C)s1. The second-order valence-corrected chi connectivity index (χ2v) is 8.39. The number of thiazole rings is 1.